The molecule has 1 saturated carbocycles. The molecule has 0 unspecified atom stereocenters. The van der Waals surface area contributed by atoms with Crippen LogP contribution in [0, 0.1) is 5.41 Å². The summed E-state index contributed by atoms with van der Waals surface area (Å²) in [5, 5.41) is 3.52. The standard InChI is InChI=1S/C18H29N3/c1-15(2)20-14-16-6-5-11-19-17(16)21-12-9-18(10-13-21)7-3-4-8-18/h5-6,11,15,20H,3-4,7-10,12-14H2,1-2H3. The Kier molecular flexibility index (Phi) is 4.48. The summed E-state index contributed by atoms with van der Waals surface area (Å²) >= 11 is 0. The minimum Gasteiger partial charge on any atom is -0.356 e. The highest BCUT2D eigenvalue weighted by atomic mass is 15.2. The predicted molar refractivity (Wildman–Crippen MR) is 88.6 cm³/mol. The highest BCUT2D eigenvalue weighted by Crippen LogP contribution is 2.46. The van der Waals surface area contributed by atoms with Crippen molar-refractivity contribution in [3.8, 4) is 0 Å². The zero-order valence-corrected chi connectivity index (χ0v) is 13.6. The topological polar surface area (TPSA) is 28.2 Å². The molecule has 0 aromatic carbocycles. The smallest absolute Gasteiger partial charge is 0.133 e. The van der Waals surface area contributed by atoms with Gasteiger partial charge in [-0.15, -0.1) is 0 Å². The molecule has 116 valence electrons. The van der Waals surface area contributed by atoms with Crippen molar-refractivity contribution in [3.63, 3.8) is 0 Å². The Bertz CT molecular complexity index is 453. The molecule has 2 aliphatic rings. The number of rotatable bonds is 4. The van der Waals surface area contributed by atoms with E-state index in [1.165, 1.54) is 63.0 Å². The number of piperidine rings is 1. The normalized spacial score (nSPS) is 21.4. The van der Waals surface area contributed by atoms with Crippen molar-refractivity contribution in [3.05, 3.63) is 23.9 Å². The number of nitrogens with one attached hydrogen (secondary N) is 1. The summed E-state index contributed by atoms with van der Waals surface area (Å²) in [6, 6.07) is 4.79. The van der Waals surface area contributed by atoms with E-state index in [9.17, 15) is 0 Å². The van der Waals surface area contributed by atoms with Crippen LogP contribution in [0.5, 0.6) is 0 Å². The highest BCUT2D eigenvalue weighted by Gasteiger charge is 2.37. The second-order valence-corrected chi connectivity index (χ2v) is 7.22. The summed E-state index contributed by atoms with van der Waals surface area (Å²) in [5.41, 5.74) is 2.02. The van der Waals surface area contributed by atoms with E-state index in [2.05, 4.69) is 41.2 Å². The lowest BCUT2D eigenvalue weighted by Gasteiger charge is -2.40. The van der Waals surface area contributed by atoms with Gasteiger partial charge in [0.1, 0.15) is 5.82 Å². The number of aromatic nitrogens is 1. The molecule has 3 rings (SSSR count). The van der Waals surface area contributed by atoms with Gasteiger partial charge in [-0.1, -0.05) is 32.8 Å². The van der Waals surface area contributed by atoms with Gasteiger partial charge in [-0.05, 0) is 37.2 Å². The fourth-order valence-electron chi connectivity index (χ4n) is 3.98. The van der Waals surface area contributed by atoms with Crippen LogP contribution in [0.25, 0.3) is 0 Å². The molecule has 3 nitrogen and oxygen atoms in total. The van der Waals surface area contributed by atoms with E-state index < -0.39 is 0 Å². The van der Waals surface area contributed by atoms with E-state index in [-0.39, 0.29) is 0 Å². The first-order valence-corrected chi connectivity index (χ1v) is 8.61. The van der Waals surface area contributed by atoms with Crippen molar-refractivity contribution in [2.75, 3.05) is 18.0 Å². The van der Waals surface area contributed by atoms with Crippen molar-refractivity contribution in [1.82, 2.24) is 10.3 Å². The first-order valence-electron chi connectivity index (χ1n) is 8.61. The first kappa shape index (κ1) is 14.8. The summed E-state index contributed by atoms with van der Waals surface area (Å²) in [4.78, 5) is 7.20. The van der Waals surface area contributed by atoms with Gasteiger partial charge in [0.05, 0.1) is 0 Å². The van der Waals surface area contributed by atoms with Crippen LogP contribution in [0.15, 0.2) is 18.3 Å². The third kappa shape index (κ3) is 3.39. The van der Waals surface area contributed by atoms with Gasteiger partial charge in [-0.25, -0.2) is 4.98 Å². The molecule has 0 atom stereocenters. The monoisotopic (exact) mass is 287 g/mol. The molecular formula is C18H29N3. The fourth-order valence-corrected chi connectivity index (χ4v) is 3.98. The van der Waals surface area contributed by atoms with Gasteiger partial charge in [-0.3, -0.25) is 0 Å². The van der Waals surface area contributed by atoms with Crippen LogP contribution in [0.2, 0.25) is 0 Å². The fraction of sp³-hybridized carbons (Fsp3) is 0.722. The van der Waals surface area contributed by atoms with Crippen molar-refractivity contribution in [2.24, 2.45) is 5.41 Å². The number of hydrogen-bond donors (Lipinski definition) is 1. The molecular weight excluding hydrogens is 258 g/mol. The van der Waals surface area contributed by atoms with Crippen molar-refractivity contribution in [2.45, 2.75) is 65.0 Å². The molecule has 3 heteroatoms. The van der Waals surface area contributed by atoms with Crippen LogP contribution in [-0.4, -0.2) is 24.1 Å². The Morgan fingerprint density at radius 3 is 2.57 bits per heavy atom. The average molecular weight is 287 g/mol. The Labute approximate surface area is 129 Å². The summed E-state index contributed by atoms with van der Waals surface area (Å²) < 4.78 is 0. The van der Waals surface area contributed by atoms with E-state index in [0.717, 1.165) is 6.54 Å². The summed E-state index contributed by atoms with van der Waals surface area (Å²) in [6.07, 6.45) is 10.5. The van der Waals surface area contributed by atoms with Crippen LogP contribution < -0.4 is 10.2 Å². The third-order valence-electron chi connectivity index (χ3n) is 5.36. The summed E-state index contributed by atoms with van der Waals surface area (Å²) in [7, 11) is 0. The van der Waals surface area contributed by atoms with E-state index in [4.69, 9.17) is 0 Å². The molecule has 1 aliphatic carbocycles. The Morgan fingerprint density at radius 1 is 1.19 bits per heavy atom. The lowest BCUT2D eigenvalue weighted by Crippen LogP contribution is -2.40. The molecule has 1 spiro atoms. The predicted octanol–water partition coefficient (Wildman–Crippen LogP) is 3.74. The average Bonchev–Trinajstić information content (AvgIpc) is 2.95. The van der Waals surface area contributed by atoms with Crippen LogP contribution in [0.3, 0.4) is 0 Å². The molecule has 1 N–H and O–H groups in total. The molecule has 0 amide bonds. The highest BCUT2D eigenvalue weighted by molar-refractivity contribution is 5.47. The first-order chi connectivity index (χ1) is 10.2. The Balaban J connectivity index is 1.67. The van der Waals surface area contributed by atoms with Gasteiger partial charge in [0.15, 0.2) is 0 Å². The molecule has 1 aromatic rings. The van der Waals surface area contributed by atoms with Gasteiger partial charge in [0, 0.05) is 37.4 Å². The molecule has 1 saturated heterocycles. The van der Waals surface area contributed by atoms with Gasteiger partial charge in [0.25, 0.3) is 0 Å². The van der Waals surface area contributed by atoms with E-state index in [0.29, 0.717) is 11.5 Å². The zero-order valence-electron chi connectivity index (χ0n) is 13.6. The maximum Gasteiger partial charge on any atom is 0.133 e. The Hall–Kier alpha value is -1.09. The van der Waals surface area contributed by atoms with Crippen LogP contribution in [0.4, 0.5) is 5.82 Å². The van der Waals surface area contributed by atoms with E-state index >= 15 is 0 Å². The number of nitrogens with zero attached hydrogens (tertiary/aromatic N) is 2. The Morgan fingerprint density at radius 2 is 1.90 bits per heavy atom. The van der Waals surface area contributed by atoms with Crippen LogP contribution >= 0.6 is 0 Å². The molecule has 1 aromatic heterocycles. The molecule has 0 bridgehead atoms. The summed E-state index contributed by atoms with van der Waals surface area (Å²) in [6.45, 7) is 7.68. The molecule has 2 fully saturated rings. The zero-order chi connectivity index (χ0) is 14.7. The second-order valence-electron chi connectivity index (χ2n) is 7.22. The van der Waals surface area contributed by atoms with E-state index in [1.54, 1.807) is 0 Å². The largest absolute Gasteiger partial charge is 0.356 e. The molecule has 0 radical (unpaired) electrons. The number of pyridine rings is 1. The van der Waals surface area contributed by atoms with Crippen molar-refractivity contribution < 1.29 is 0 Å². The maximum atomic E-state index is 4.68. The minimum absolute atomic E-state index is 0.515. The van der Waals surface area contributed by atoms with Crippen molar-refractivity contribution in [1.29, 1.82) is 0 Å². The second kappa shape index (κ2) is 6.35. The van der Waals surface area contributed by atoms with Crippen LogP contribution in [0.1, 0.15) is 57.9 Å². The van der Waals surface area contributed by atoms with Gasteiger partial charge < -0.3 is 10.2 Å². The molecule has 1 aliphatic heterocycles. The maximum absolute atomic E-state index is 4.68. The third-order valence-corrected chi connectivity index (χ3v) is 5.36. The lowest BCUT2D eigenvalue weighted by atomic mass is 9.77. The van der Waals surface area contributed by atoms with Gasteiger partial charge in [-0.2, -0.15) is 0 Å². The van der Waals surface area contributed by atoms with Gasteiger partial charge in [0.2, 0.25) is 0 Å². The molecule has 21 heavy (non-hydrogen) atoms. The minimum atomic E-state index is 0.515. The van der Waals surface area contributed by atoms with E-state index in [1.807, 2.05) is 6.20 Å². The molecule has 2 heterocycles. The lowest BCUT2D eigenvalue weighted by molar-refractivity contribution is 0.226. The van der Waals surface area contributed by atoms with Crippen LogP contribution in [-0.2, 0) is 6.54 Å². The quantitative estimate of drug-likeness (QED) is 0.914. The van der Waals surface area contributed by atoms with Crippen molar-refractivity contribution >= 4 is 5.82 Å². The number of hydrogen-bond acceptors (Lipinski definition) is 3. The van der Waals surface area contributed by atoms with Gasteiger partial charge >= 0.3 is 0 Å². The SMILES string of the molecule is CC(C)NCc1cccnc1N1CCC2(CCCC2)CC1. The number of anilines is 1. The summed E-state index contributed by atoms with van der Waals surface area (Å²) in [5.74, 6) is 1.21.